The Labute approximate surface area is 117 Å². The number of anilines is 1. The summed E-state index contributed by atoms with van der Waals surface area (Å²) in [4.78, 5) is 24.8. The number of nitrogens with zero attached hydrogens (tertiary/aromatic N) is 1. The van der Waals surface area contributed by atoms with E-state index < -0.39 is 12.2 Å². The maximum Gasteiger partial charge on any atom is 0.238 e. The number of rotatable bonds is 4. The van der Waals surface area contributed by atoms with Gasteiger partial charge in [0, 0.05) is 24.3 Å². The normalized spacial score (nSPS) is 22.8. The van der Waals surface area contributed by atoms with Crippen LogP contribution in [0.3, 0.4) is 0 Å². The monoisotopic (exact) mass is 278 g/mol. The van der Waals surface area contributed by atoms with Crippen LogP contribution in [-0.4, -0.2) is 58.6 Å². The molecule has 1 amide bonds. The van der Waals surface area contributed by atoms with Gasteiger partial charge in [-0.2, -0.15) is 0 Å². The molecule has 1 aromatic rings. The molecular formula is C14H18N2O4. The molecular weight excluding hydrogens is 260 g/mol. The van der Waals surface area contributed by atoms with Gasteiger partial charge in [0.15, 0.2) is 5.78 Å². The fourth-order valence-electron chi connectivity index (χ4n) is 2.20. The molecule has 1 heterocycles. The minimum Gasteiger partial charge on any atom is -0.389 e. The molecule has 0 aromatic heterocycles. The predicted molar refractivity (Wildman–Crippen MR) is 73.5 cm³/mol. The third-order valence-corrected chi connectivity index (χ3v) is 3.25. The first kappa shape index (κ1) is 14.6. The molecule has 0 radical (unpaired) electrons. The van der Waals surface area contributed by atoms with E-state index in [4.69, 9.17) is 0 Å². The first-order chi connectivity index (χ1) is 9.45. The number of hydrogen-bond acceptors (Lipinski definition) is 5. The van der Waals surface area contributed by atoms with E-state index in [9.17, 15) is 19.8 Å². The van der Waals surface area contributed by atoms with Crippen LogP contribution in [0.2, 0.25) is 0 Å². The summed E-state index contributed by atoms with van der Waals surface area (Å²) in [6.45, 7) is 2.12. The lowest BCUT2D eigenvalue weighted by molar-refractivity contribution is -0.117. The molecule has 1 aliphatic heterocycles. The number of nitrogens with one attached hydrogen (secondary N) is 1. The van der Waals surface area contributed by atoms with Crippen LogP contribution in [0, 0.1) is 0 Å². The van der Waals surface area contributed by atoms with Crippen LogP contribution in [0.25, 0.3) is 0 Å². The minimum atomic E-state index is -0.802. The van der Waals surface area contributed by atoms with Crippen LogP contribution in [0.5, 0.6) is 0 Å². The van der Waals surface area contributed by atoms with Crippen molar-refractivity contribution in [2.45, 2.75) is 19.1 Å². The molecule has 0 aliphatic carbocycles. The van der Waals surface area contributed by atoms with Gasteiger partial charge in [0.25, 0.3) is 0 Å². The molecule has 6 nitrogen and oxygen atoms in total. The number of benzene rings is 1. The molecule has 2 unspecified atom stereocenters. The maximum absolute atomic E-state index is 11.9. The van der Waals surface area contributed by atoms with Crippen molar-refractivity contribution in [2.24, 2.45) is 0 Å². The molecule has 2 atom stereocenters. The van der Waals surface area contributed by atoms with Crippen molar-refractivity contribution in [1.82, 2.24) is 4.90 Å². The zero-order valence-electron chi connectivity index (χ0n) is 11.2. The SMILES string of the molecule is CC(=O)c1cccc(NC(=O)CN2CC(O)C(O)C2)c1. The summed E-state index contributed by atoms with van der Waals surface area (Å²) in [5.74, 6) is -0.307. The Morgan fingerprint density at radius 3 is 2.55 bits per heavy atom. The van der Waals surface area contributed by atoms with Crippen LogP contribution in [0.15, 0.2) is 24.3 Å². The minimum absolute atomic E-state index is 0.0631. The van der Waals surface area contributed by atoms with Crippen molar-refractivity contribution in [1.29, 1.82) is 0 Å². The molecule has 0 saturated carbocycles. The molecule has 6 heteroatoms. The van der Waals surface area contributed by atoms with E-state index in [0.29, 0.717) is 11.3 Å². The predicted octanol–water partition coefficient (Wildman–Crippen LogP) is -0.135. The van der Waals surface area contributed by atoms with Gasteiger partial charge < -0.3 is 15.5 Å². The summed E-state index contributed by atoms with van der Waals surface area (Å²) < 4.78 is 0. The van der Waals surface area contributed by atoms with Crippen molar-refractivity contribution in [3.8, 4) is 0 Å². The number of amides is 1. The largest absolute Gasteiger partial charge is 0.389 e. The van der Waals surface area contributed by atoms with Crippen molar-refractivity contribution in [3.05, 3.63) is 29.8 Å². The quantitative estimate of drug-likeness (QED) is 0.667. The Bertz CT molecular complexity index is 508. The van der Waals surface area contributed by atoms with E-state index in [1.165, 1.54) is 6.92 Å². The Hall–Kier alpha value is -1.76. The number of β-amino-alcohol motifs (C(OH)–C–C–N with tert-alkyl or cyclic N) is 2. The third kappa shape index (κ3) is 3.63. The zero-order chi connectivity index (χ0) is 14.7. The standard InChI is InChI=1S/C14H18N2O4/c1-9(17)10-3-2-4-11(5-10)15-14(20)8-16-6-12(18)13(19)7-16/h2-5,12-13,18-19H,6-8H2,1H3,(H,15,20). The highest BCUT2D eigenvalue weighted by Crippen LogP contribution is 2.13. The molecule has 3 N–H and O–H groups in total. The maximum atomic E-state index is 11.9. The highest BCUT2D eigenvalue weighted by Gasteiger charge is 2.30. The smallest absolute Gasteiger partial charge is 0.238 e. The number of hydrogen-bond donors (Lipinski definition) is 3. The van der Waals surface area contributed by atoms with Gasteiger partial charge >= 0.3 is 0 Å². The van der Waals surface area contributed by atoms with E-state index in [-0.39, 0.29) is 31.3 Å². The van der Waals surface area contributed by atoms with E-state index >= 15 is 0 Å². The Balaban J connectivity index is 1.92. The number of Topliss-reactive ketones (excluding diaryl/α,β-unsaturated/α-hetero) is 1. The lowest BCUT2D eigenvalue weighted by Crippen LogP contribution is -2.32. The summed E-state index contributed by atoms with van der Waals surface area (Å²) in [6.07, 6.45) is -1.60. The second-order valence-electron chi connectivity index (χ2n) is 5.01. The van der Waals surface area contributed by atoms with Crippen LogP contribution in [-0.2, 0) is 4.79 Å². The summed E-state index contributed by atoms with van der Waals surface area (Å²) in [7, 11) is 0. The van der Waals surface area contributed by atoms with Gasteiger partial charge in [-0.3, -0.25) is 14.5 Å². The Kier molecular flexibility index (Phi) is 4.49. The first-order valence-corrected chi connectivity index (χ1v) is 6.45. The summed E-state index contributed by atoms with van der Waals surface area (Å²) in [6, 6.07) is 6.72. The molecule has 1 fully saturated rings. The number of aliphatic hydroxyl groups is 2. The second kappa shape index (κ2) is 6.13. The van der Waals surface area contributed by atoms with E-state index in [0.717, 1.165) is 0 Å². The topological polar surface area (TPSA) is 89.9 Å². The molecule has 2 rings (SSSR count). The lowest BCUT2D eigenvalue weighted by Gasteiger charge is -2.14. The van der Waals surface area contributed by atoms with Gasteiger partial charge in [0.05, 0.1) is 18.8 Å². The van der Waals surface area contributed by atoms with Gasteiger partial charge in [-0.15, -0.1) is 0 Å². The number of carbonyl (C=O) groups excluding carboxylic acids is 2. The summed E-state index contributed by atoms with van der Waals surface area (Å²) in [5.41, 5.74) is 1.10. The molecule has 108 valence electrons. The van der Waals surface area contributed by atoms with Crippen LogP contribution >= 0.6 is 0 Å². The van der Waals surface area contributed by atoms with E-state index in [1.54, 1.807) is 29.2 Å². The fraction of sp³-hybridized carbons (Fsp3) is 0.429. The number of likely N-dealkylation sites (tertiary alicyclic amines) is 1. The fourth-order valence-corrected chi connectivity index (χ4v) is 2.20. The number of ketones is 1. The highest BCUT2D eigenvalue weighted by atomic mass is 16.3. The summed E-state index contributed by atoms with van der Waals surface area (Å²) in [5, 5.41) is 21.5. The molecule has 20 heavy (non-hydrogen) atoms. The molecule has 0 spiro atoms. The second-order valence-corrected chi connectivity index (χ2v) is 5.01. The summed E-state index contributed by atoms with van der Waals surface area (Å²) >= 11 is 0. The van der Waals surface area contributed by atoms with Gasteiger partial charge in [0.1, 0.15) is 0 Å². The van der Waals surface area contributed by atoms with Crippen LogP contribution < -0.4 is 5.32 Å². The first-order valence-electron chi connectivity index (χ1n) is 6.45. The van der Waals surface area contributed by atoms with Gasteiger partial charge in [0.2, 0.25) is 5.91 Å². The molecule has 1 aliphatic rings. The zero-order valence-corrected chi connectivity index (χ0v) is 11.2. The molecule has 0 bridgehead atoms. The molecule has 1 aromatic carbocycles. The average Bonchev–Trinajstić information content (AvgIpc) is 2.68. The van der Waals surface area contributed by atoms with Crippen LogP contribution in [0.1, 0.15) is 17.3 Å². The Morgan fingerprint density at radius 1 is 1.30 bits per heavy atom. The number of aliphatic hydroxyl groups excluding tert-OH is 2. The van der Waals surface area contributed by atoms with Crippen molar-refractivity contribution < 1.29 is 19.8 Å². The average molecular weight is 278 g/mol. The van der Waals surface area contributed by atoms with Crippen LogP contribution in [0.4, 0.5) is 5.69 Å². The van der Waals surface area contributed by atoms with Gasteiger partial charge in [-0.1, -0.05) is 12.1 Å². The van der Waals surface area contributed by atoms with Crippen molar-refractivity contribution >= 4 is 17.4 Å². The highest BCUT2D eigenvalue weighted by molar-refractivity contribution is 5.97. The van der Waals surface area contributed by atoms with Gasteiger partial charge in [-0.05, 0) is 19.1 Å². The number of carbonyl (C=O) groups is 2. The Morgan fingerprint density at radius 2 is 1.95 bits per heavy atom. The third-order valence-electron chi connectivity index (χ3n) is 3.25. The molecule has 1 saturated heterocycles. The van der Waals surface area contributed by atoms with Crippen molar-refractivity contribution in [3.63, 3.8) is 0 Å². The van der Waals surface area contributed by atoms with E-state index in [1.807, 2.05) is 0 Å². The van der Waals surface area contributed by atoms with Crippen molar-refractivity contribution in [2.75, 3.05) is 25.0 Å². The lowest BCUT2D eigenvalue weighted by atomic mass is 10.1. The van der Waals surface area contributed by atoms with Gasteiger partial charge in [-0.25, -0.2) is 0 Å². The van der Waals surface area contributed by atoms with E-state index in [2.05, 4.69) is 5.32 Å².